The molecule has 1 atom stereocenters. The van der Waals surface area contributed by atoms with E-state index in [4.69, 9.17) is 28.3 Å². The van der Waals surface area contributed by atoms with Crippen molar-refractivity contribution in [2.75, 3.05) is 13.2 Å². The highest BCUT2D eigenvalue weighted by molar-refractivity contribution is 6.35. The van der Waals surface area contributed by atoms with Gasteiger partial charge in [-0.3, -0.25) is 0 Å². The Kier molecular flexibility index (Phi) is 6.14. The molecule has 1 rings (SSSR count). The van der Waals surface area contributed by atoms with Gasteiger partial charge in [0, 0.05) is 28.8 Å². The molecule has 1 unspecified atom stereocenters. The van der Waals surface area contributed by atoms with Crippen LogP contribution in [0, 0.1) is 5.92 Å². The van der Waals surface area contributed by atoms with Gasteiger partial charge >= 0.3 is 0 Å². The molecule has 0 spiro atoms. The van der Waals surface area contributed by atoms with Crippen molar-refractivity contribution in [1.29, 1.82) is 0 Å². The quantitative estimate of drug-likeness (QED) is 0.825. The third-order valence-corrected chi connectivity index (χ3v) is 3.19. The largest absolute Gasteiger partial charge is 0.396 e. The first-order valence-corrected chi connectivity index (χ1v) is 6.15. The van der Waals surface area contributed by atoms with E-state index >= 15 is 0 Å². The van der Waals surface area contributed by atoms with E-state index in [1.54, 1.807) is 0 Å². The molecule has 16 heavy (non-hydrogen) atoms. The Morgan fingerprint density at radius 1 is 1.31 bits per heavy atom. The van der Waals surface area contributed by atoms with E-state index in [9.17, 15) is 0 Å². The standard InChI is InChI=1S/C12H17Cl2NO/c1-9(5-6-16)7-15-8-10-11(13)3-2-4-12(10)14/h2-4,9,15-16H,5-8H2,1H3. The van der Waals surface area contributed by atoms with Gasteiger partial charge in [-0.05, 0) is 31.0 Å². The van der Waals surface area contributed by atoms with Crippen molar-refractivity contribution in [3.63, 3.8) is 0 Å². The topological polar surface area (TPSA) is 32.3 Å². The molecule has 0 bridgehead atoms. The van der Waals surface area contributed by atoms with Gasteiger partial charge < -0.3 is 10.4 Å². The summed E-state index contributed by atoms with van der Waals surface area (Å²) in [5, 5.41) is 13.4. The highest BCUT2D eigenvalue weighted by Gasteiger charge is 2.06. The first kappa shape index (κ1) is 13.8. The van der Waals surface area contributed by atoms with Gasteiger partial charge in [-0.1, -0.05) is 36.2 Å². The second kappa shape index (κ2) is 7.13. The Bertz CT molecular complexity index is 311. The van der Waals surface area contributed by atoms with Crippen LogP contribution in [0.2, 0.25) is 10.0 Å². The second-order valence-electron chi connectivity index (χ2n) is 3.95. The number of hydrogen-bond donors (Lipinski definition) is 2. The van der Waals surface area contributed by atoms with Gasteiger partial charge in [0.2, 0.25) is 0 Å². The highest BCUT2D eigenvalue weighted by Crippen LogP contribution is 2.23. The van der Waals surface area contributed by atoms with E-state index in [2.05, 4.69) is 12.2 Å². The molecule has 0 aliphatic rings. The van der Waals surface area contributed by atoms with Crippen LogP contribution in [0.15, 0.2) is 18.2 Å². The molecule has 1 aromatic rings. The number of aliphatic hydroxyl groups excluding tert-OH is 1. The number of aliphatic hydroxyl groups is 1. The summed E-state index contributed by atoms with van der Waals surface area (Å²) in [5.74, 6) is 0.450. The molecule has 2 N–H and O–H groups in total. The van der Waals surface area contributed by atoms with Crippen LogP contribution in [-0.2, 0) is 6.54 Å². The number of hydrogen-bond acceptors (Lipinski definition) is 2. The molecule has 0 saturated carbocycles. The summed E-state index contributed by atoms with van der Waals surface area (Å²) >= 11 is 12.1. The molecule has 2 nitrogen and oxygen atoms in total. The van der Waals surface area contributed by atoms with Crippen molar-refractivity contribution < 1.29 is 5.11 Å². The molecule has 0 heterocycles. The average Bonchev–Trinajstić information content (AvgIpc) is 2.23. The molecule has 0 aliphatic carbocycles. The molecule has 1 aromatic carbocycles. The average molecular weight is 262 g/mol. The maximum atomic E-state index is 8.77. The summed E-state index contributed by atoms with van der Waals surface area (Å²) in [6.07, 6.45) is 0.809. The van der Waals surface area contributed by atoms with Crippen molar-refractivity contribution in [2.45, 2.75) is 19.9 Å². The predicted octanol–water partition coefficient (Wildman–Crippen LogP) is 3.10. The molecule has 0 amide bonds. The first-order chi connectivity index (χ1) is 7.65. The fraction of sp³-hybridized carbons (Fsp3) is 0.500. The smallest absolute Gasteiger partial charge is 0.0465 e. The van der Waals surface area contributed by atoms with Crippen LogP contribution in [0.3, 0.4) is 0 Å². The Hall–Kier alpha value is -0.280. The van der Waals surface area contributed by atoms with E-state index < -0.39 is 0 Å². The number of nitrogens with one attached hydrogen (secondary N) is 1. The van der Waals surface area contributed by atoms with Crippen LogP contribution in [0.4, 0.5) is 0 Å². The summed E-state index contributed by atoms with van der Waals surface area (Å²) in [4.78, 5) is 0. The minimum Gasteiger partial charge on any atom is -0.396 e. The Balaban J connectivity index is 2.43. The molecule has 4 heteroatoms. The van der Waals surface area contributed by atoms with E-state index in [0.29, 0.717) is 22.5 Å². The number of rotatable bonds is 6. The molecule has 90 valence electrons. The lowest BCUT2D eigenvalue weighted by atomic mass is 10.1. The number of halogens is 2. The molecular weight excluding hydrogens is 245 g/mol. The van der Waals surface area contributed by atoms with Crippen LogP contribution in [0.5, 0.6) is 0 Å². The van der Waals surface area contributed by atoms with E-state index in [-0.39, 0.29) is 6.61 Å². The fourth-order valence-electron chi connectivity index (χ4n) is 1.47. The zero-order valence-electron chi connectivity index (χ0n) is 9.34. The van der Waals surface area contributed by atoms with Gasteiger partial charge in [-0.25, -0.2) is 0 Å². The van der Waals surface area contributed by atoms with Crippen molar-refractivity contribution in [3.8, 4) is 0 Å². The van der Waals surface area contributed by atoms with Crippen LogP contribution in [0.1, 0.15) is 18.9 Å². The maximum absolute atomic E-state index is 8.77. The maximum Gasteiger partial charge on any atom is 0.0465 e. The van der Waals surface area contributed by atoms with Crippen LogP contribution in [-0.4, -0.2) is 18.3 Å². The lowest BCUT2D eigenvalue weighted by Gasteiger charge is -2.12. The Morgan fingerprint density at radius 3 is 2.50 bits per heavy atom. The monoisotopic (exact) mass is 261 g/mol. The Morgan fingerprint density at radius 2 is 1.94 bits per heavy atom. The summed E-state index contributed by atoms with van der Waals surface area (Å²) in [5.41, 5.74) is 0.932. The lowest BCUT2D eigenvalue weighted by Crippen LogP contribution is -2.21. The van der Waals surface area contributed by atoms with Crippen molar-refractivity contribution in [2.24, 2.45) is 5.92 Å². The SMILES string of the molecule is CC(CCO)CNCc1c(Cl)cccc1Cl. The highest BCUT2D eigenvalue weighted by atomic mass is 35.5. The Labute approximate surface area is 107 Å². The molecular formula is C12H17Cl2NO. The van der Waals surface area contributed by atoms with Crippen molar-refractivity contribution in [1.82, 2.24) is 5.32 Å². The van der Waals surface area contributed by atoms with E-state index in [1.807, 2.05) is 18.2 Å². The third-order valence-electron chi connectivity index (χ3n) is 2.48. The van der Waals surface area contributed by atoms with E-state index in [0.717, 1.165) is 18.5 Å². The molecule has 0 saturated heterocycles. The zero-order valence-corrected chi connectivity index (χ0v) is 10.9. The van der Waals surface area contributed by atoms with Crippen LogP contribution in [0.25, 0.3) is 0 Å². The molecule has 0 aliphatic heterocycles. The summed E-state index contributed by atoms with van der Waals surface area (Å²) in [6, 6.07) is 5.51. The molecule has 0 aromatic heterocycles. The van der Waals surface area contributed by atoms with Crippen molar-refractivity contribution in [3.05, 3.63) is 33.8 Å². The number of benzene rings is 1. The molecule has 0 radical (unpaired) electrons. The predicted molar refractivity (Wildman–Crippen MR) is 69.0 cm³/mol. The normalized spacial score (nSPS) is 12.8. The summed E-state index contributed by atoms with van der Waals surface area (Å²) in [6.45, 7) is 3.84. The van der Waals surface area contributed by atoms with Gasteiger partial charge in [-0.15, -0.1) is 0 Å². The summed E-state index contributed by atoms with van der Waals surface area (Å²) < 4.78 is 0. The second-order valence-corrected chi connectivity index (χ2v) is 4.76. The van der Waals surface area contributed by atoms with Crippen LogP contribution >= 0.6 is 23.2 Å². The van der Waals surface area contributed by atoms with Gasteiger partial charge in [0.25, 0.3) is 0 Å². The molecule has 0 fully saturated rings. The minimum absolute atomic E-state index is 0.232. The van der Waals surface area contributed by atoms with Gasteiger partial charge in [0.05, 0.1) is 0 Å². The van der Waals surface area contributed by atoms with E-state index in [1.165, 1.54) is 0 Å². The van der Waals surface area contributed by atoms with Gasteiger partial charge in [0.15, 0.2) is 0 Å². The van der Waals surface area contributed by atoms with Crippen molar-refractivity contribution >= 4 is 23.2 Å². The first-order valence-electron chi connectivity index (χ1n) is 5.39. The van der Waals surface area contributed by atoms with Gasteiger partial charge in [-0.2, -0.15) is 0 Å². The summed E-state index contributed by atoms with van der Waals surface area (Å²) in [7, 11) is 0. The zero-order chi connectivity index (χ0) is 12.0. The minimum atomic E-state index is 0.232. The van der Waals surface area contributed by atoms with Gasteiger partial charge in [0.1, 0.15) is 0 Å². The fourth-order valence-corrected chi connectivity index (χ4v) is 2.00. The lowest BCUT2D eigenvalue weighted by molar-refractivity contribution is 0.260. The third kappa shape index (κ3) is 4.30. The van der Waals surface area contributed by atoms with Crippen LogP contribution < -0.4 is 5.32 Å².